The van der Waals surface area contributed by atoms with Gasteiger partial charge in [-0.25, -0.2) is 0 Å². The van der Waals surface area contributed by atoms with Gasteiger partial charge in [-0.1, -0.05) is 37.3 Å². The summed E-state index contributed by atoms with van der Waals surface area (Å²) in [5.74, 6) is 0.995. The predicted octanol–water partition coefficient (Wildman–Crippen LogP) is 3.14. The van der Waals surface area contributed by atoms with Crippen molar-refractivity contribution in [1.29, 1.82) is 0 Å². The summed E-state index contributed by atoms with van der Waals surface area (Å²) in [6.07, 6.45) is 2.74. The summed E-state index contributed by atoms with van der Waals surface area (Å²) in [5, 5.41) is 16.6. The maximum Gasteiger partial charge on any atom is 0.191 e. The van der Waals surface area contributed by atoms with Gasteiger partial charge in [0, 0.05) is 32.0 Å². The smallest absolute Gasteiger partial charge is 0.191 e. The highest BCUT2D eigenvalue weighted by Gasteiger charge is 2.09. The second kappa shape index (κ2) is 14.3. The van der Waals surface area contributed by atoms with Crippen molar-refractivity contribution in [2.24, 2.45) is 10.9 Å². The van der Waals surface area contributed by atoms with Crippen LogP contribution in [0.5, 0.6) is 0 Å². The summed E-state index contributed by atoms with van der Waals surface area (Å²) in [7, 11) is 0. The van der Waals surface area contributed by atoms with Crippen molar-refractivity contribution in [3.05, 3.63) is 66.0 Å². The number of aromatic nitrogens is 1. The molecule has 2 unspecified atom stereocenters. The van der Waals surface area contributed by atoms with Gasteiger partial charge in [0.1, 0.15) is 0 Å². The van der Waals surface area contributed by atoms with Crippen molar-refractivity contribution in [1.82, 2.24) is 15.6 Å². The number of nitrogens with zero attached hydrogens (tertiary/aromatic N) is 2. The van der Waals surface area contributed by atoms with E-state index in [1.165, 1.54) is 5.56 Å². The van der Waals surface area contributed by atoms with Crippen LogP contribution in [0.1, 0.15) is 31.1 Å². The lowest BCUT2D eigenvalue weighted by atomic mass is 10.1. The molecular weight excluding hydrogens is 467 g/mol. The molecule has 0 saturated carbocycles. The van der Waals surface area contributed by atoms with Crippen molar-refractivity contribution in [3.63, 3.8) is 0 Å². The van der Waals surface area contributed by atoms with E-state index in [2.05, 4.69) is 39.7 Å². The molecule has 0 aliphatic carbocycles. The van der Waals surface area contributed by atoms with Gasteiger partial charge in [0.25, 0.3) is 0 Å². The van der Waals surface area contributed by atoms with Gasteiger partial charge in [-0.3, -0.25) is 9.98 Å². The molecule has 1 aromatic heterocycles. The first-order chi connectivity index (χ1) is 13.2. The molecule has 0 aliphatic rings. The first-order valence-corrected chi connectivity index (χ1v) is 9.41. The molecule has 2 rings (SSSR count). The number of aliphatic hydroxyl groups is 1. The van der Waals surface area contributed by atoms with Crippen molar-refractivity contribution in [2.45, 2.75) is 26.6 Å². The van der Waals surface area contributed by atoms with E-state index < -0.39 is 6.10 Å². The van der Waals surface area contributed by atoms with Gasteiger partial charge in [0.15, 0.2) is 5.96 Å². The van der Waals surface area contributed by atoms with Gasteiger partial charge in [-0.05, 0) is 36.1 Å². The van der Waals surface area contributed by atoms with Crippen LogP contribution in [0, 0.1) is 5.92 Å². The van der Waals surface area contributed by atoms with Crippen LogP contribution in [0.3, 0.4) is 0 Å². The Labute approximate surface area is 184 Å². The lowest BCUT2D eigenvalue weighted by Crippen LogP contribution is -2.39. The maximum atomic E-state index is 10.2. The minimum Gasteiger partial charge on any atom is -0.387 e. The molecule has 3 N–H and O–H groups in total. The largest absolute Gasteiger partial charge is 0.387 e. The first kappa shape index (κ1) is 24.3. The molecule has 28 heavy (non-hydrogen) atoms. The number of benzene rings is 1. The molecule has 0 aliphatic heterocycles. The summed E-state index contributed by atoms with van der Waals surface area (Å²) in [6.45, 7) is 7.19. The molecule has 6 nitrogen and oxygen atoms in total. The molecule has 1 aromatic carbocycles. The van der Waals surface area contributed by atoms with Crippen LogP contribution in [0.2, 0.25) is 0 Å². The lowest BCUT2D eigenvalue weighted by Gasteiger charge is -2.16. The summed E-state index contributed by atoms with van der Waals surface area (Å²) in [6, 6.07) is 13.8. The molecule has 0 spiro atoms. The normalized spacial score (nSPS) is 13.3. The Morgan fingerprint density at radius 2 is 1.86 bits per heavy atom. The van der Waals surface area contributed by atoms with E-state index in [1.54, 1.807) is 12.4 Å². The van der Waals surface area contributed by atoms with E-state index in [-0.39, 0.29) is 24.0 Å². The maximum absolute atomic E-state index is 10.2. The molecule has 1 heterocycles. The number of guanidine groups is 1. The van der Waals surface area contributed by atoms with Crippen LogP contribution in [0.4, 0.5) is 0 Å². The standard InChI is InChI=1S/C21H30N4O2.HI/c1-3-23-21(25-14-20(26)19-9-11-22-12-10-19)24-13-17(2)15-27-16-18-7-5-4-6-8-18;/h4-12,17,20,26H,3,13-16H2,1-2H3,(H2,23,24,25);1H. The molecule has 154 valence electrons. The third-order valence-electron chi connectivity index (χ3n) is 3.97. The van der Waals surface area contributed by atoms with E-state index in [0.29, 0.717) is 38.2 Å². The Kier molecular flexibility index (Phi) is 12.4. The average Bonchev–Trinajstić information content (AvgIpc) is 2.71. The van der Waals surface area contributed by atoms with Crippen molar-refractivity contribution in [3.8, 4) is 0 Å². The van der Waals surface area contributed by atoms with Gasteiger partial charge in [-0.15, -0.1) is 24.0 Å². The number of aliphatic imine (C=N–C) groups is 1. The highest BCUT2D eigenvalue weighted by molar-refractivity contribution is 14.0. The highest BCUT2D eigenvalue weighted by Crippen LogP contribution is 2.09. The summed E-state index contributed by atoms with van der Waals surface area (Å²) >= 11 is 0. The van der Waals surface area contributed by atoms with Crippen molar-refractivity contribution < 1.29 is 9.84 Å². The molecule has 0 bridgehead atoms. The molecule has 2 aromatic rings. The zero-order chi connectivity index (χ0) is 19.3. The van der Waals surface area contributed by atoms with Crippen LogP contribution in [0.25, 0.3) is 0 Å². The quantitative estimate of drug-likeness (QED) is 0.267. The average molecular weight is 498 g/mol. The number of hydrogen-bond acceptors (Lipinski definition) is 4. The SMILES string of the molecule is CCNC(=NCC(C)COCc1ccccc1)NCC(O)c1ccncc1.I. The minimum atomic E-state index is -0.608. The third-order valence-corrected chi connectivity index (χ3v) is 3.97. The van der Waals surface area contributed by atoms with Gasteiger partial charge in [-0.2, -0.15) is 0 Å². The predicted molar refractivity (Wildman–Crippen MR) is 124 cm³/mol. The van der Waals surface area contributed by atoms with Crippen LogP contribution in [-0.2, 0) is 11.3 Å². The Bertz CT molecular complexity index is 671. The Morgan fingerprint density at radius 3 is 2.54 bits per heavy atom. The highest BCUT2D eigenvalue weighted by atomic mass is 127. The second-order valence-electron chi connectivity index (χ2n) is 6.50. The van der Waals surface area contributed by atoms with Crippen LogP contribution in [0.15, 0.2) is 59.9 Å². The van der Waals surface area contributed by atoms with E-state index in [9.17, 15) is 5.11 Å². The van der Waals surface area contributed by atoms with Crippen LogP contribution >= 0.6 is 24.0 Å². The Hall–Kier alpha value is -1.71. The number of ether oxygens (including phenoxy) is 1. The summed E-state index contributed by atoms with van der Waals surface area (Å²) < 4.78 is 5.77. The van der Waals surface area contributed by atoms with Gasteiger partial charge < -0.3 is 20.5 Å². The fourth-order valence-electron chi connectivity index (χ4n) is 2.49. The third kappa shape index (κ3) is 9.48. The molecular formula is C21H31IN4O2. The molecule has 7 heteroatoms. The lowest BCUT2D eigenvalue weighted by molar-refractivity contribution is 0.0944. The zero-order valence-corrected chi connectivity index (χ0v) is 18.9. The number of rotatable bonds is 10. The Morgan fingerprint density at radius 1 is 1.14 bits per heavy atom. The molecule has 0 fully saturated rings. The van der Waals surface area contributed by atoms with Gasteiger partial charge >= 0.3 is 0 Å². The van der Waals surface area contributed by atoms with Gasteiger partial charge in [0.05, 0.1) is 19.3 Å². The van der Waals surface area contributed by atoms with E-state index in [4.69, 9.17) is 4.74 Å². The van der Waals surface area contributed by atoms with Crippen molar-refractivity contribution in [2.75, 3.05) is 26.2 Å². The number of halogens is 1. The number of nitrogens with one attached hydrogen (secondary N) is 2. The summed E-state index contributed by atoms with van der Waals surface area (Å²) in [4.78, 5) is 8.56. The monoisotopic (exact) mass is 498 g/mol. The number of pyridine rings is 1. The molecule has 0 saturated heterocycles. The van der Waals surface area contributed by atoms with Crippen LogP contribution in [-0.4, -0.2) is 42.3 Å². The van der Waals surface area contributed by atoms with E-state index in [0.717, 1.165) is 12.1 Å². The molecule has 0 amide bonds. The Balaban J connectivity index is 0.00000392. The van der Waals surface area contributed by atoms with Gasteiger partial charge in [0.2, 0.25) is 0 Å². The van der Waals surface area contributed by atoms with E-state index in [1.807, 2.05) is 37.3 Å². The minimum absolute atomic E-state index is 0. The topological polar surface area (TPSA) is 78.8 Å². The van der Waals surface area contributed by atoms with Crippen molar-refractivity contribution >= 4 is 29.9 Å². The molecule has 2 atom stereocenters. The second-order valence-corrected chi connectivity index (χ2v) is 6.50. The fraction of sp³-hybridized carbons (Fsp3) is 0.429. The molecule has 0 radical (unpaired) electrons. The van der Waals surface area contributed by atoms with Crippen LogP contribution < -0.4 is 10.6 Å². The zero-order valence-electron chi connectivity index (χ0n) is 16.5. The number of aliphatic hydroxyl groups excluding tert-OH is 1. The summed E-state index contributed by atoms with van der Waals surface area (Å²) in [5.41, 5.74) is 2.00. The fourth-order valence-corrected chi connectivity index (χ4v) is 2.49. The van der Waals surface area contributed by atoms with E-state index >= 15 is 0 Å². The first-order valence-electron chi connectivity index (χ1n) is 9.41. The number of hydrogen-bond donors (Lipinski definition) is 3.